The summed E-state index contributed by atoms with van der Waals surface area (Å²) in [4.78, 5) is 13.6. The maximum absolute atomic E-state index is 11.9. The summed E-state index contributed by atoms with van der Waals surface area (Å²) in [5.41, 5.74) is 1.85. The van der Waals surface area contributed by atoms with Crippen LogP contribution >= 0.6 is 0 Å². The van der Waals surface area contributed by atoms with E-state index in [9.17, 15) is 4.79 Å². The molecule has 0 atom stereocenters. The lowest BCUT2D eigenvalue weighted by Gasteiger charge is -2.15. The van der Waals surface area contributed by atoms with Crippen molar-refractivity contribution in [1.29, 1.82) is 0 Å². The van der Waals surface area contributed by atoms with Crippen molar-refractivity contribution in [2.45, 2.75) is 20.1 Å². The highest BCUT2D eigenvalue weighted by Crippen LogP contribution is 2.18. The van der Waals surface area contributed by atoms with Gasteiger partial charge in [-0.2, -0.15) is 0 Å². The smallest absolute Gasteiger partial charge is 0.242 e. The van der Waals surface area contributed by atoms with Gasteiger partial charge in [-0.3, -0.25) is 4.79 Å². The van der Waals surface area contributed by atoms with Gasteiger partial charge in [0.05, 0.1) is 6.61 Å². The van der Waals surface area contributed by atoms with Gasteiger partial charge in [-0.25, -0.2) is 0 Å². The molecular formula is C14H18N2O2. The monoisotopic (exact) mass is 246 g/mol. The third kappa shape index (κ3) is 2.38. The molecule has 0 saturated carbocycles. The van der Waals surface area contributed by atoms with Crippen LogP contribution in [-0.2, 0) is 17.9 Å². The molecule has 0 aliphatic carbocycles. The molecule has 1 N–H and O–H groups in total. The molecule has 2 aromatic rings. The molecule has 4 heteroatoms. The van der Waals surface area contributed by atoms with Crippen LogP contribution in [0.15, 0.2) is 30.5 Å². The van der Waals surface area contributed by atoms with Crippen LogP contribution in [0.5, 0.6) is 0 Å². The normalized spacial score (nSPS) is 10.8. The van der Waals surface area contributed by atoms with Gasteiger partial charge < -0.3 is 14.6 Å². The van der Waals surface area contributed by atoms with Crippen LogP contribution in [0, 0.1) is 0 Å². The molecule has 0 aliphatic rings. The summed E-state index contributed by atoms with van der Waals surface area (Å²) in [6, 6.07) is 7.77. The van der Waals surface area contributed by atoms with Crippen molar-refractivity contribution in [3.63, 3.8) is 0 Å². The third-order valence-corrected chi connectivity index (χ3v) is 3.23. The number of rotatable bonds is 4. The van der Waals surface area contributed by atoms with Crippen LogP contribution in [0.3, 0.4) is 0 Å². The summed E-state index contributed by atoms with van der Waals surface area (Å²) in [5.74, 6) is 0.0874. The number of fused-ring (bicyclic) bond motifs is 1. The average Bonchev–Trinajstić information content (AvgIpc) is 2.80. The van der Waals surface area contributed by atoms with Crippen molar-refractivity contribution in [3.05, 3.63) is 36.0 Å². The second-order valence-corrected chi connectivity index (χ2v) is 4.40. The summed E-state index contributed by atoms with van der Waals surface area (Å²) in [6.07, 6.45) is 1.91. The first-order chi connectivity index (χ1) is 8.65. The van der Waals surface area contributed by atoms with Gasteiger partial charge in [0.25, 0.3) is 0 Å². The van der Waals surface area contributed by atoms with Crippen molar-refractivity contribution in [2.24, 2.45) is 0 Å². The fourth-order valence-electron chi connectivity index (χ4n) is 1.91. The molecule has 0 fully saturated rings. The number of aliphatic hydroxyl groups is 1. The standard InChI is InChI=1S/C14H18N2O2/c1-3-15(2)14(18)9-16-7-6-12-5-4-11(10-17)8-13(12)16/h4-8,17H,3,9-10H2,1-2H3. The predicted octanol–water partition coefficient (Wildman–Crippen LogP) is 1.61. The molecule has 0 aliphatic heterocycles. The molecule has 0 unspecified atom stereocenters. The van der Waals surface area contributed by atoms with Crippen LogP contribution in [0.1, 0.15) is 12.5 Å². The van der Waals surface area contributed by atoms with Crippen LogP contribution in [0.4, 0.5) is 0 Å². The number of aliphatic hydroxyl groups excluding tert-OH is 1. The predicted molar refractivity (Wildman–Crippen MR) is 71.2 cm³/mol. The summed E-state index contributed by atoms with van der Waals surface area (Å²) in [6.45, 7) is 3.02. The zero-order valence-corrected chi connectivity index (χ0v) is 10.8. The Morgan fingerprint density at radius 3 is 2.83 bits per heavy atom. The lowest BCUT2D eigenvalue weighted by molar-refractivity contribution is -0.130. The number of carbonyl (C=O) groups excluding carboxylic acids is 1. The maximum atomic E-state index is 11.9. The van der Waals surface area contributed by atoms with Crippen LogP contribution in [-0.4, -0.2) is 34.1 Å². The molecule has 0 bridgehead atoms. The SMILES string of the molecule is CCN(C)C(=O)Cn1ccc2ccc(CO)cc21. The Labute approximate surface area is 106 Å². The van der Waals surface area contributed by atoms with E-state index in [1.807, 2.05) is 42.0 Å². The first-order valence-electron chi connectivity index (χ1n) is 6.08. The van der Waals surface area contributed by atoms with E-state index in [1.54, 1.807) is 11.9 Å². The van der Waals surface area contributed by atoms with E-state index in [0.717, 1.165) is 16.5 Å². The Balaban J connectivity index is 2.30. The number of carbonyl (C=O) groups is 1. The molecule has 96 valence electrons. The molecule has 1 amide bonds. The minimum atomic E-state index is 0.0178. The van der Waals surface area contributed by atoms with E-state index in [4.69, 9.17) is 5.11 Å². The number of nitrogens with zero attached hydrogens (tertiary/aromatic N) is 2. The van der Waals surface area contributed by atoms with E-state index in [2.05, 4.69) is 0 Å². The Morgan fingerprint density at radius 1 is 1.39 bits per heavy atom. The van der Waals surface area contributed by atoms with Crippen molar-refractivity contribution in [3.8, 4) is 0 Å². The minimum Gasteiger partial charge on any atom is -0.392 e. The first-order valence-corrected chi connectivity index (χ1v) is 6.08. The second-order valence-electron chi connectivity index (χ2n) is 4.40. The van der Waals surface area contributed by atoms with Gasteiger partial charge in [-0.1, -0.05) is 12.1 Å². The molecule has 1 aromatic carbocycles. The minimum absolute atomic E-state index is 0.0178. The Hall–Kier alpha value is -1.81. The fraction of sp³-hybridized carbons (Fsp3) is 0.357. The lowest BCUT2D eigenvalue weighted by Crippen LogP contribution is -2.29. The summed E-state index contributed by atoms with van der Waals surface area (Å²) >= 11 is 0. The quantitative estimate of drug-likeness (QED) is 0.891. The first kappa shape index (κ1) is 12.6. The topological polar surface area (TPSA) is 45.5 Å². The summed E-state index contributed by atoms with van der Waals surface area (Å²) in [7, 11) is 1.80. The number of hydrogen-bond donors (Lipinski definition) is 1. The molecule has 18 heavy (non-hydrogen) atoms. The highest BCUT2D eigenvalue weighted by atomic mass is 16.3. The Morgan fingerprint density at radius 2 is 2.17 bits per heavy atom. The second kappa shape index (κ2) is 5.23. The van der Waals surface area contributed by atoms with Crippen LogP contribution in [0.2, 0.25) is 0 Å². The molecule has 2 rings (SSSR count). The third-order valence-electron chi connectivity index (χ3n) is 3.23. The number of amides is 1. The maximum Gasteiger partial charge on any atom is 0.242 e. The number of aromatic nitrogens is 1. The van der Waals surface area contributed by atoms with E-state index in [1.165, 1.54) is 0 Å². The van der Waals surface area contributed by atoms with Gasteiger partial charge in [-0.15, -0.1) is 0 Å². The van der Waals surface area contributed by atoms with Gasteiger partial charge in [0.2, 0.25) is 5.91 Å². The highest BCUT2D eigenvalue weighted by Gasteiger charge is 2.09. The Kier molecular flexibility index (Phi) is 3.67. The molecule has 4 nitrogen and oxygen atoms in total. The van der Waals surface area contributed by atoms with Crippen molar-refractivity contribution < 1.29 is 9.90 Å². The number of hydrogen-bond acceptors (Lipinski definition) is 2. The molecule has 0 saturated heterocycles. The number of likely N-dealkylation sites (N-methyl/N-ethyl adjacent to an activating group) is 1. The highest BCUT2D eigenvalue weighted by molar-refractivity contribution is 5.83. The van der Waals surface area contributed by atoms with Gasteiger partial charge in [-0.05, 0) is 30.0 Å². The van der Waals surface area contributed by atoms with Crippen molar-refractivity contribution in [1.82, 2.24) is 9.47 Å². The van der Waals surface area contributed by atoms with Gasteiger partial charge in [0, 0.05) is 25.3 Å². The largest absolute Gasteiger partial charge is 0.392 e. The lowest BCUT2D eigenvalue weighted by atomic mass is 10.2. The zero-order valence-electron chi connectivity index (χ0n) is 10.8. The van der Waals surface area contributed by atoms with E-state index in [-0.39, 0.29) is 12.5 Å². The average molecular weight is 246 g/mol. The molecule has 1 aromatic heterocycles. The van der Waals surface area contributed by atoms with Crippen LogP contribution < -0.4 is 0 Å². The molecule has 0 radical (unpaired) electrons. The zero-order chi connectivity index (χ0) is 13.1. The van der Waals surface area contributed by atoms with Gasteiger partial charge in [0.15, 0.2) is 0 Å². The van der Waals surface area contributed by atoms with Crippen LogP contribution in [0.25, 0.3) is 10.9 Å². The number of benzene rings is 1. The molecule has 1 heterocycles. The molecule has 0 spiro atoms. The van der Waals surface area contributed by atoms with Gasteiger partial charge in [0.1, 0.15) is 6.54 Å². The Bertz CT molecular complexity index is 560. The van der Waals surface area contributed by atoms with E-state index >= 15 is 0 Å². The van der Waals surface area contributed by atoms with Gasteiger partial charge >= 0.3 is 0 Å². The van der Waals surface area contributed by atoms with E-state index < -0.39 is 0 Å². The van der Waals surface area contributed by atoms with Crippen molar-refractivity contribution in [2.75, 3.05) is 13.6 Å². The van der Waals surface area contributed by atoms with Crippen molar-refractivity contribution >= 4 is 16.8 Å². The fourth-order valence-corrected chi connectivity index (χ4v) is 1.91. The summed E-state index contributed by atoms with van der Waals surface area (Å²) in [5, 5.41) is 10.2. The summed E-state index contributed by atoms with van der Waals surface area (Å²) < 4.78 is 1.92. The molecular weight excluding hydrogens is 228 g/mol. The van der Waals surface area contributed by atoms with E-state index in [0.29, 0.717) is 13.1 Å².